The lowest BCUT2D eigenvalue weighted by atomic mass is 10.1. The van der Waals surface area contributed by atoms with Gasteiger partial charge in [0.25, 0.3) is 5.91 Å². The normalized spacial score (nSPS) is 15.4. The number of likely N-dealkylation sites (tertiary alicyclic amines) is 1. The molecule has 1 aliphatic heterocycles. The summed E-state index contributed by atoms with van der Waals surface area (Å²) in [5.74, 6) is 0.0451. The van der Waals surface area contributed by atoms with Crippen LogP contribution in [0.5, 0.6) is 5.75 Å². The maximum absolute atomic E-state index is 12.9. The van der Waals surface area contributed by atoms with Crippen molar-refractivity contribution in [1.29, 1.82) is 0 Å². The molecule has 0 bridgehead atoms. The van der Waals surface area contributed by atoms with E-state index < -0.39 is 10.0 Å². The average molecular weight is 404 g/mol. The van der Waals surface area contributed by atoms with E-state index in [0.717, 1.165) is 18.4 Å². The third-order valence-corrected chi connectivity index (χ3v) is 5.70. The smallest absolute Gasteiger partial charge is 0.257 e. The Balaban J connectivity index is 1.63. The van der Waals surface area contributed by atoms with Gasteiger partial charge in [0, 0.05) is 13.1 Å². The van der Waals surface area contributed by atoms with Gasteiger partial charge in [-0.2, -0.15) is 0 Å². The number of hydrogen-bond acceptors (Lipinski definition) is 5. The number of methoxy groups -OCH3 is 1. The second-order valence-corrected chi connectivity index (χ2v) is 8.26. The van der Waals surface area contributed by atoms with Crippen molar-refractivity contribution in [3.63, 3.8) is 0 Å². The molecule has 2 aromatic rings. The second kappa shape index (κ2) is 8.72. The predicted molar refractivity (Wildman–Crippen MR) is 105 cm³/mol. The number of benzene rings is 2. The fourth-order valence-corrected chi connectivity index (χ4v) is 3.76. The first-order valence-corrected chi connectivity index (χ1v) is 10.6. The minimum atomic E-state index is -3.90. The van der Waals surface area contributed by atoms with E-state index in [9.17, 15) is 13.2 Å². The summed E-state index contributed by atoms with van der Waals surface area (Å²) >= 11 is 0. The molecule has 3 rings (SSSR count). The molecule has 0 saturated carbocycles. The van der Waals surface area contributed by atoms with Crippen molar-refractivity contribution in [2.75, 3.05) is 20.2 Å². The number of amides is 1. The summed E-state index contributed by atoms with van der Waals surface area (Å²) in [5.41, 5.74) is 1.31. The van der Waals surface area contributed by atoms with Gasteiger partial charge >= 0.3 is 0 Å². The topological polar surface area (TPSA) is 98.9 Å². The summed E-state index contributed by atoms with van der Waals surface area (Å²) in [6.07, 6.45) is 1.52. The lowest BCUT2D eigenvalue weighted by Crippen LogP contribution is -2.41. The summed E-state index contributed by atoms with van der Waals surface area (Å²) in [4.78, 5) is 14.5. The Hall–Kier alpha value is -2.42. The quantitative estimate of drug-likeness (QED) is 0.795. The second-order valence-electron chi connectivity index (χ2n) is 6.70. The van der Waals surface area contributed by atoms with E-state index in [1.165, 1.54) is 25.3 Å². The molecular weight excluding hydrogens is 380 g/mol. The molecular formula is C20H24N2O5S. The van der Waals surface area contributed by atoms with Gasteiger partial charge in [0.05, 0.1) is 30.3 Å². The van der Waals surface area contributed by atoms with Crippen molar-refractivity contribution in [2.24, 2.45) is 5.14 Å². The van der Waals surface area contributed by atoms with Gasteiger partial charge in [-0.25, -0.2) is 13.6 Å². The molecule has 150 valence electrons. The SMILES string of the molecule is COc1ccc(S(N)(=O)=O)cc1C(=O)N1CCC(OCc2ccccc2)CC1. The van der Waals surface area contributed by atoms with Crippen molar-refractivity contribution >= 4 is 15.9 Å². The number of primary sulfonamides is 1. The Morgan fingerprint density at radius 3 is 2.43 bits per heavy atom. The molecule has 1 heterocycles. The number of nitrogens with zero attached hydrogens (tertiary/aromatic N) is 1. The lowest BCUT2D eigenvalue weighted by Gasteiger charge is -2.32. The van der Waals surface area contributed by atoms with E-state index >= 15 is 0 Å². The van der Waals surface area contributed by atoms with Crippen molar-refractivity contribution in [3.8, 4) is 5.75 Å². The van der Waals surface area contributed by atoms with Gasteiger partial charge in [-0.3, -0.25) is 4.79 Å². The summed E-state index contributed by atoms with van der Waals surface area (Å²) in [7, 11) is -2.47. The predicted octanol–water partition coefficient (Wildman–Crippen LogP) is 2.16. The average Bonchev–Trinajstić information content (AvgIpc) is 2.71. The molecule has 2 aromatic carbocycles. The molecule has 7 nitrogen and oxygen atoms in total. The molecule has 1 amide bonds. The van der Waals surface area contributed by atoms with Crippen LogP contribution in [0, 0.1) is 0 Å². The number of hydrogen-bond donors (Lipinski definition) is 1. The van der Waals surface area contributed by atoms with Crippen molar-refractivity contribution < 1.29 is 22.7 Å². The Morgan fingerprint density at radius 2 is 1.82 bits per heavy atom. The van der Waals surface area contributed by atoms with E-state index in [-0.39, 0.29) is 22.5 Å². The molecule has 1 aliphatic rings. The van der Waals surface area contributed by atoms with E-state index in [0.29, 0.717) is 25.4 Å². The molecule has 0 radical (unpaired) electrons. The number of rotatable bonds is 6. The minimum absolute atomic E-state index is 0.0851. The highest BCUT2D eigenvalue weighted by Crippen LogP contribution is 2.25. The molecule has 0 aromatic heterocycles. The lowest BCUT2D eigenvalue weighted by molar-refractivity contribution is -0.000440. The van der Waals surface area contributed by atoms with Crippen LogP contribution in [0.2, 0.25) is 0 Å². The first kappa shape index (κ1) is 20.3. The molecule has 0 atom stereocenters. The van der Waals surface area contributed by atoms with Gasteiger partial charge in [0.1, 0.15) is 5.75 Å². The van der Waals surface area contributed by atoms with Crippen LogP contribution in [0.3, 0.4) is 0 Å². The van der Waals surface area contributed by atoms with Crippen molar-refractivity contribution in [1.82, 2.24) is 4.90 Å². The van der Waals surface area contributed by atoms with E-state index in [2.05, 4.69) is 0 Å². The summed E-state index contributed by atoms with van der Waals surface area (Å²) in [5, 5.41) is 5.19. The molecule has 1 saturated heterocycles. The van der Waals surface area contributed by atoms with Crippen LogP contribution in [-0.4, -0.2) is 45.5 Å². The highest BCUT2D eigenvalue weighted by Gasteiger charge is 2.27. The number of sulfonamides is 1. The standard InChI is InChI=1S/C20H24N2O5S/c1-26-19-8-7-17(28(21,24)25)13-18(19)20(23)22-11-9-16(10-12-22)27-14-15-5-3-2-4-6-15/h2-8,13,16H,9-12,14H2,1H3,(H2,21,24,25). The van der Waals surface area contributed by atoms with Crippen molar-refractivity contribution in [2.45, 2.75) is 30.4 Å². The first-order valence-electron chi connectivity index (χ1n) is 9.04. The fraction of sp³-hybridized carbons (Fsp3) is 0.350. The number of ether oxygens (including phenoxy) is 2. The Morgan fingerprint density at radius 1 is 1.14 bits per heavy atom. The number of carbonyl (C=O) groups excluding carboxylic acids is 1. The van der Waals surface area contributed by atoms with Crippen molar-refractivity contribution in [3.05, 3.63) is 59.7 Å². The highest BCUT2D eigenvalue weighted by atomic mass is 32.2. The first-order chi connectivity index (χ1) is 13.4. The van der Waals surface area contributed by atoms with Crippen LogP contribution in [0.25, 0.3) is 0 Å². The maximum Gasteiger partial charge on any atom is 0.257 e. The Labute approximate surface area is 165 Å². The number of nitrogens with two attached hydrogens (primary N) is 1. The van der Waals surface area contributed by atoms with E-state index in [4.69, 9.17) is 14.6 Å². The van der Waals surface area contributed by atoms with Crippen LogP contribution >= 0.6 is 0 Å². The Kier molecular flexibility index (Phi) is 6.33. The van der Waals surface area contributed by atoms with E-state index in [1.54, 1.807) is 4.90 Å². The molecule has 0 spiro atoms. The molecule has 2 N–H and O–H groups in total. The molecule has 0 unspecified atom stereocenters. The highest BCUT2D eigenvalue weighted by molar-refractivity contribution is 7.89. The zero-order chi connectivity index (χ0) is 20.1. The largest absolute Gasteiger partial charge is 0.496 e. The third-order valence-electron chi connectivity index (χ3n) is 4.79. The summed E-state index contributed by atoms with van der Waals surface area (Å²) < 4.78 is 34.4. The van der Waals surface area contributed by atoms with Crippen LogP contribution in [0.4, 0.5) is 0 Å². The monoisotopic (exact) mass is 404 g/mol. The van der Waals surface area contributed by atoms with Gasteiger partial charge in [0.2, 0.25) is 10.0 Å². The zero-order valence-electron chi connectivity index (χ0n) is 15.7. The molecule has 1 fully saturated rings. The number of carbonyl (C=O) groups is 1. The van der Waals surface area contributed by atoms with Crippen LogP contribution < -0.4 is 9.88 Å². The van der Waals surface area contributed by atoms with Crippen LogP contribution in [0.15, 0.2) is 53.4 Å². The summed E-state index contributed by atoms with van der Waals surface area (Å²) in [6, 6.07) is 14.0. The molecule has 0 aliphatic carbocycles. The fourth-order valence-electron chi connectivity index (χ4n) is 3.22. The van der Waals surface area contributed by atoms with Gasteiger partial charge in [-0.05, 0) is 36.6 Å². The van der Waals surface area contributed by atoms with Gasteiger partial charge < -0.3 is 14.4 Å². The maximum atomic E-state index is 12.9. The van der Waals surface area contributed by atoms with Gasteiger partial charge in [0.15, 0.2) is 0 Å². The van der Waals surface area contributed by atoms with Gasteiger partial charge in [-0.15, -0.1) is 0 Å². The molecule has 8 heteroatoms. The zero-order valence-corrected chi connectivity index (χ0v) is 16.5. The number of piperidine rings is 1. The van der Waals surface area contributed by atoms with Crippen LogP contribution in [0.1, 0.15) is 28.8 Å². The third kappa shape index (κ3) is 4.89. The van der Waals surface area contributed by atoms with E-state index in [1.807, 2.05) is 30.3 Å². The Bertz CT molecular complexity index is 923. The molecule has 28 heavy (non-hydrogen) atoms. The van der Waals surface area contributed by atoms with Crippen LogP contribution in [-0.2, 0) is 21.4 Å². The summed E-state index contributed by atoms with van der Waals surface area (Å²) in [6.45, 7) is 1.60. The van der Waals surface area contributed by atoms with Gasteiger partial charge in [-0.1, -0.05) is 30.3 Å². The minimum Gasteiger partial charge on any atom is -0.496 e.